The highest BCUT2D eigenvalue weighted by Gasteiger charge is 2.34. The number of hydrogen-bond acceptors (Lipinski definition) is 5. The lowest BCUT2D eigenvalue weighted by Crippen LogP contribution is -2.42. The molecule has 0 bridgehead atoms. The van der Waals surface area contributed by atoms with Gasteiger partial charge in [0.05, 0.1) is 12.1 Å². The van der Waals surface area contributed by atoms with Crippen LogP contribution in [0, 0.1) is 0 Å². The Hall–Kier alpha value is -1.72. The van der Waals surface area contributed by atoms with E-state index in [9.17, 15) is 5.11 Å². The van der Waals surface area contributed by atoms with Crippen LogP contribution < -0.4 is 0 Å². The van der Waals surface area contributed by atoms with Gasteiger partial charge in [0.25, 0.3) is 0 Å². The van der Waals surface area contributed by atoms with Crippen molar-refractivity contribution >= 4 is 0 Å². The summed E-state index contributed by atoms with van der Waals surface area (Å²) < 4.78 is 5.34. The van der Waals surface area contributed by atoms with Gasteiger partial charge in [0, 0.05) is 18.5 Å². The van der Waals surface area contributed by atoms with Gasteiger partial charge in [-0.2, -0.15) is 4.98 Å². The van der Waals surface area contributed by atoms with Gasteiger partial charge in [0.1, 0.15) is 0 Å². The van der Waals surface area contributed by atoms with Gasteiger partial charge < -0.3 is 9.63 Å². The normalized spacial score (nSPS) is 19.0. The van der Waals surface area contributed by atoms with Crippen LogP contribution in [0.5, 0.6) is 0 Å². The number of piperidine rings is 1. The van der Waals surface area contributed by atoms with Gasteiger partial charge in [0.15, 0.2) is 5.82 Å². The molecule has 124 valence electrons. The predicted octanol–water partition coefficient (Wildman–Crippen LogP) is 2.85. The van der Waals surface area contributed by atoms with Gasteiger partial charge in [-0.15, -0.1) is 0 Å². The number of likely N-dealkylation sites (tertiary alicyclic amines) is 1. The van der Waals surface area contributed by atoms with Crippen LogP contribution in [0.4, 0.5) is 0 Å². The lowest BCUT2D eigenvalue weighted by Gasteiger charge is -2.38. The minimum absolute atomic E-state index is 0.124. The van der Waals surface area contributed by atoms with Crippen LogP contribution >= 0.6 is 0 Å². The monoisotopic (exact) mass is 315 g/mol. The van der Waals surface area contributed by atoms with Crippen molar-refractivity contribution in [2.45, 2.75) is 51.2 Å². The third kappa shape index (κ3) is 3.62. The summed E-state index contributed by atoms with van der Waals surface area (Å²) in [6.45, 7) is 8.50. The van der Waals surface area contributed by atoms with E-state index in [1.165, 1.54) is 0 Å². The van der Waals surface area contributed by atoms with Crippen LogP contribution in [0.1, 0.15) is 50.9 Å². The number of nitrogens with zero attached hydrogens (tertiary/aromatic N) is 3. The van der Waals surface area contributed by atoms with Crippen LogP contribution in [0.25, 0.3) is 0 Å². The maximum absolute atomic E-state index is 10.9. The highest BCUT2D eigenvalue weighted by atomic mass is 16.5. The quantitative estimate of drug-likeness (QED) is 0.943. The highest BCUT2D eigenvalue weighted by molar-refractivity contribution is 5.23. The molecule has 1 aromatic carbocycles. The number of hydrogen-bond donors (Lipinski definition) is 1. The van der Waals surface area contributed by atoms with Crippen LogP contribution in [0.3, 0.4) is 0 Å². The van der Waals surface area contributed by atoms with E-state index in [0.29, 0.717) is 12.4 Å². The Labute approximate surface area is 137 Å². The molecule has 23 heavy (non-hydrogen) atoms. The maximum atomic E-state index is 10.9. The fraction of sp³-hybridized carbons (Fsp3) is 0.556. The first kappa shape index (κ1) is 16.1. The second kappa shape index (κ2) is 6.06. The van der Waals surface area contributed by atoms with E-state index in [2.05, 4.69) is 35.8 Å². The summed E-state index contributed by atoms with van der Waals surface area (Å²) in [6, 6.07) is 9.94. The second-order valence-corrected chi connectivity index (χ2v) is 7.44. The van der Waals surface area contributed by atoms with Gasteiger partial charge in [-0.3, -0.25) is 4.90 Å². The summed E-state index contributed by atoms with van der Waals surface area (Å²) in [6.07, 6.45) is 1.45. The summed E-state index contributed by atoms with van der Waals surface area (Å²) in [7, 11) is 0. The third-order valence-corrected chi connectivity index (χ3v) is 4.47. The van der Waals surface area contributed by atoms with Crippen LogP contribution in [-0.4, -0.2) is 33.2 Å². The molecule has 2 heterocycles. The number of benzene rings is 1. The molecule has 0 aliphatic carbocycles. The molecule has 0 atom stereocenters. The summed E-state index contributed by atoms with van der Waals surface area (Å²) in [5.74, 6) is 1.39. The molecule has 0 spiro atoms. The SMILES string of the molecule is CC(C)(C)c1nc(CN2CCC(O)(c3ccccc3)CC2)no1. The van der Waals surface area contributed by atoms with Gasteiger partial charge in [-0.05, 0) is 18.4 Å². The molecule has 1 N–H and O–H groups in total. The van der Waals surface area contributed by atoms with Crippen molar-refractivity contribution in [3.05, 3.63) is 47.6 Å². The van der Waals surface area contributed by atoms with Gasteiger partial charge in [-0.25, -0.2) is 0 Å². The van der Waals surface area contributed by atoms with Crippen molar-refractivity contribution in [3.8, 4) is 0 Å². The molecule has 1 aliphatic heterocycles. The fourth-order valence-corrected chi connectivity index (χ4v) is 2.94. The predicted molar refractivity (Wildman–Crippen MR) is 87.8 cm³/mol. The molecule has 3 rings (SSSR count). The lowest BCUT2D eigenvalue weighted by atomic mass is 9.84. The van der Waals surface area contributed by atoms with Crippen molar-refractivity contribution in [1.29, 1.82) is 0 Å². The topological polar surface area (TPSA) is 62.4 Å². The van der Waals surface area contributed by atoms with Gasteiger partial charge in [-0.1, -0.05) is 56.3 Å². The van der Waals surface area contributed by atoms with Crippen LogP contribution in [0.15, 0.2) is 34.9 Å². The Morgan fingerprint density at radius 1 is 1.17 bits per heavy atom. The van der Waals surface area contributed by atoms with Crippen molar-refractivity contribution in [2.24, 2.45) is 0 Å². The van der Waals surface area contributed by atoms with E-state index < -0.39 is 5.60 Å². The van der Waals surface area contributed by atoms with Crippen molar-refractivity contribution in [1.82, 2.24) is 15.0 Å². The van der Waals surface area contributed by atoms with Crippen molar-refractivity contribution in [3.63, 3.8) is 0 Å². The van der Waals surface area contributed by atoms with E-state index in [1.807, 2.05) is 30.3 Å². The maximum Gasteiger partial charge on any atom is 0.232 e. The Bertz CT molecular complexity index is 638. The summed E-state index contributed by atoms with van der Waals surface area (Å²) in [5.41, 5.74) is 0.168. The second-order valence-electron chi connectivity index (χ2n) is 7.44. The number of rotatable bonds is 3. The average Bonchev–Trinajstić information content (AvgIpc) is 3.00. The Morgan fingerprint density at radius 3 is 2.39 bits per heavy atom. The largest absolute Gasteiger partial charge is 0.385 e. The molecule has 2 aromatic rings. The van der Waals surface area contributed by atoms with E-state index in [1.54, 1.807) is 0 Å². The molecular formula is C18H25N3O2. The minimum Gasteiger partial charge on any atom is -0.385 e. The van der Waals surface area contributed by atoms with E-state index in [0.717, 1.165) is 37.3 Å². The molecule has 0 saturated carbocycles. The molecule has 0 radical (unpaired) electrons. The molecule has 5 nitrogen and oxygen atoms in total. The minimum atomic E-state index is -0.717. The Balaban J connectivity index is 1.60. The first-order valence-corrected chi connectivity index (χ1v) is 8.20. The Morgan fingerprint density at radius 2 is 1.83 bits per heavy atom. The number of aliphatic hydroxyl groups is 1. The van der Waals surface area contributed by atoms with Crippen LogP contribution in [-0.2, 0) is 17.6 Å². The zero-order valence-corrected chi connectivity index (χ0v) is 14.1. The standard InChI is InChI=1S/C18H25N3O2/c1-17(2,3)16-19-15(20-23-16)13-21-11-9-18(22,10-12-21)14-7-5-4-6-8-14/h4-8,22H,9-13H2,1-3H3. The van der Waals surface area contributed by atoms with Crippen LogP contribution in [0.2, 0.25) is 0 Å². The first-order valence-electron chi connectivity index (χ1n) is 8.20. The zero-order valence-electron chi connectivity index (χ0n) is 14.1. The number of aromatic nitrogens is 2. The van der Waals surface area contributed by atoms with Crippen molar-refractivity contribution < 1.29 is 9.63 Å². The Kier molecular flexibility index (Phi) is 4.25. The highest BCUT2D eigenvalue weighted by Crippen LogP contribution is 2.33. The van der Waals surface area contributed by atoms with Gasteiger partial charge >= 0.3 is 0 Å². The molecule has 1 aliphatic rings. The zero-order chi connectivity index (χ0) is 16.5. The van der Waals surface area contributed by atoms with Gasteiger partial charge in [0.2, 0.25) is 5.89 Å². The summed E-state index contributed by atoms with van der Waals surface area (Å²) in [5, 5.41) is 14.9. The van der Waals surface area contributed by atoms with E-state index in [-0.39, 0.29) is 5.41 Å². The fourth-order valence-electron chi connectivity index (χ4n) is 2.94. The molecular weight excluding hydrogens is 290 g/mol. The average molecular weight is 315 g/mol. The molecule has 1 fully saturated rings. The summed E-state index contributed by atoms with van der Waals surface area (Å²) in [4.78, 5) is 6.76. The molecule has 1 saturated heterocycles. The smallest absolute Gasteiger partial charge is 0.232 e. The molecule has 5 heteroatoms. The van der Waals surface area contributed by atoms with E-state index >= 15 is 0 Å². The lowest BCUT2D eigenvalue weighted by molar-refractivity contribution is -0.0283. The summed E-state index contributed by atoms with van der Waals surface area (Å²) >= 11 is 0. The first-order chi connectivity index (χ1) is 10.9. The molecule has 1 aromatic heterocycles. The van der Waals surface area contributed by atoms with Crippen molar-refractivity contribution in [2.75, 3.05) is 13.1 Å². The molecule has 0 amide bonds. The van der Waals surface area contributed by atoms with E-state index in [4.69, 9.17) is 4.52 Å². The molecule has 0 unspecified atom stereocenters. The third-order valence-electron chi connectivity index (χ3n) is 4.47.